The van der Waals surface area contributed by atoms with E-state index in [1.165, 1.54) is 6.08 Å². The number of rotatable bonds is 3. The molecular weight excluding hydrogens is 186 g/mol. The van der Waals surface area contributed by atoms with Gasteiger partial charge in [-0.2, -0.15) is 0 Å². The second-order valence-electron chi connectivity index (χ2n) is 3.99. The average Bonchev–Trinajstić information content (AvgIpc) is 2.74. The first-order chi connectivity index (χ1) is 6.65. The highest BCUT2D eigenvalue weighted by Crippen LogP contribution is 2.50. The monoisotopic (exact) mass is 198 g/mol. The second-order valence-corrected chi connectivity index (χ2v) is 3.99. The summed E-state index contributed by atoms with van der Waals surface area (Å²) in [5.74, 6) is -1.62. The SMILES string of the molecule is C=CC(=O)[C@@H]1[C@@H](C(F)F)[C@@H]2C=C[C@H]1C2. The van der Waals surface area contributed by atoms with Gasteiger partial charge in [0.05, 0.1) is 0 Å². The Hall–Kier alpha value is -0.990. The van der Waals surface area contributed by atoms with Crippen molar-refractivity contribution in [1.82, 2.24) is 0 Å². The quantitative estimate of drug-likeness (QED) is 0.503. The molecule has 0 unspecified atom stereocenters. The summed E-state index contributed by atoms with van der Waals surface area (Å²) in [7, 11) is 0. The van der Waals surface area contributed by atoms with E-state index in [0.29, 0.717) is 6.42 Å². The van der Waals surface area contributed by atoms with Crippen LogP contribution in [0.15, 0.2) is 24.8 Å². The van der Waals surface area contributed by atoms with Crippen LogP contribution in [0.1, 0.15) is 6.42 Å². The first-order valence-electron chi connectivity index (χ1n) is 4.78. The number of carbonyl (C=O) groups is 1. The molecule has 0 radical (unpaired) electrons. The van der Waals surface area contributed by atoms with Crippen LogP contribution in [-0.4, -0.2) is 12.2 Å². The van der Waals surface area contributed by atoms with Crippen molar-refractivity contribution in [3.8, 4) is 0 Å². The van der Waals surface area contributed by atoms with Gasteiger partial charge in [0, 0.05) is 11.8 Å². The van der Waals surface area contributed by atoms with Crippen molar-refractivity contribution in [2.75, 3.05) is 0 Å². The van der Waals surface area contributed by atoms with Crippen molar-refractivity contribution in [3.63, 3.8) is 0 Å². The fourth-order valence-electron chi connectivity index (χ4n) is 2.74. The molecule has 14 heavy (non-hydrogen) atoms. The maximum Gasteiger partial charge on any atom is 0.242 e. The van der Waals surface area contributed by atoms with Crippen LogP contribution in [-0.2, 0) is 4.79 Å². The maximum absolute atomic E-state index is 12.7. The number of allylic oxidation sites excluding steroid dienone is 3. The van der Waals surface area contributed by atoms with Gasteiger partial charge in [-0.25, -0.2) is 8.78 Å². The molecule has 2 bridgehead atoms. The minimum Gasteiger partial charge on any atom is -0.295 e. The van der Waals surface area contributed by atoms with E-state index in [1.54, 1.807) is 0 Å². The predicted octanol–water partition coefficient (Wildman–Crippen LogP) is 2.44. The number of halogens is 2. The summed E-state index contributed by atoms with van der Waals surface area (Å²) in [4.78, 5) is 11.4. The topological polar surface area (TPSA) is 17.1 Å². The molecule has 0 aromatic carbocycles. The third kappa shape index (κ3) is 1.22. The zero-order valence-corrected chi connectivity index (χ0v) is 7.70. The fraction of sp³-hybridized carbons (Fsp3) is 0.545. The summed E-state index contributed by atoms with van der Waals surface area (Å²) in [5, 5.41) is 0. The summed E-state index contributed by atoms with van der Waals surface area (Å²) in [6, 6.07) is 0. The molecule has 1 nitrogen and oxygen atoms in total. The Bertz CT molecular complexity index is 296. The van der Waals surface area contributed by atoms with Crippen molar-refractivity contribution in [2.45, 2.75) is 12.8 Å². The third-order valence-corrected chi connectivity index (χ3v) is 3.34. The number of hydrogen-bond donors (Lipinski definition) is 0. The minimum absolute atomic E-state index is 0.0181. The van der Waals surface area contributed by atoms with E-state index in [2.05, 4.69) is 6.58 Å². The highest BCUT2D eigenvalue weighted by molar-refractivity contribution is 5.92. The molecule has 0 amide bonds. The number of fused-ring (bicyclic) bond motifs is 2. The van der Waals surface area contributed by atoms with Crippen molar-refractivity contribution in [2.24, 2.45) is 23.7 Å². The molecule has 0 aromatic rings. The van der Waals surface area contributed by atoms with Gasteiger partial charge in [0.2, 0.25) is 6.43 Å². The van der Waals surface area contributed by atoms with Gasteiger partial charge in [-0.3, -0.25) is 4.79 Å². The minimum atomic E-state index is -2.40. The molecule has 1 fully saturated rings. The van der Waals surface area contributed by atoms with E-state index in [0.717, 1.165) is 0 Å². The van der Waals surface area contributed by atoms with E-state index >= 15 is 0 Å². The van der Waals surface area contributed by atoms with E-state index in [9.17, 15) is 13.6 Å². The number of alkyl halides is 2. The molecular formula is C11H12F2O. The maximum atomic E-state index is 12.7. The third-order valence-electron chi connectivity index (χ3n) is 3.34. The van der Waals surface area contributed by atoms with Gasteiger partial charge >= 0.3 is 0 Å². The van der Waals surface area contributed by atoms with Crippen LogP contribution in [0.5, 0.6) is 0 Å². The van der Waals surface area contributed by atoms with Crippen LogP contribution in [0.3, 0.4) is 0 Å². The lowest BCUT2D eigenvalue weighted by atomic mass is 9.80. The standard InChI is InChI=1S/C11H12F2O/c1-2-8(14)9-6-3-4-7(5-6)10(9)11(12)13/h2-4,6-7,9-11H,1,5H2/t6-,7+,9+,10-/m0/s1. The molecule has 2 aliphatic carbocycles. The van der Waals surface area contributed by atoms with Crippen molar-refractivity contribution in [1.29, 1.82) is 0 Å². The lowest BCUT2D eigenvalue weighted by Crippen LogP contribution is -2.31. The van der Waals surface area contributed by atoms with Gasteiger partial charge in [0.1, 0.15) is 0 Å². The highest BCUT2D eigenvalue weighted by atomic mass is 19.3. The molecule has 0 N–H and O–H groups in total. The van der Waals surface area contributed by atoms with Crippen LogP contribution in [0.25, 0.3) is 0 Å². The van der Waals surface area contributed by atoms with Gasteiger partial charge in [-0.15, -0.1) is 0 Å². The zero-order chi connectivity index (χ0) is 10.3. The molecule has 0 spiro atoms. The lowest BCUT2D eigenvalue weighted by Gasteiger charge is -2.24. The summed E-state index contributed by atoms with van der Waals surface area (Å²) in [5.41, 5.74) is 0. The molecule has 3 heteroatoms. The number of carbonyl (C=O) groups excluding carboxylic acids is 1. The summed E-state index contributed by atoms with van der Waals surface area (Å²) >= 11 is 0. The largest absolute Gasteiger partial charge is 0.295 e. The Balaban J connectivity index is 2.26. The molecule has 0 heterocycles. The van der Waals surface area contributed by atoms with Crippen LogP contribution in [0, 0.1) is 23.7 Å². The smallest absolute Gasteiger partial charge is 0.242 e. The van der Waals surface area contributed by atoms with Gasteiger partial charge in [0.15, 0.2) is 5.78 Å². The van der Waals surface area contributed by atoms with Gasteiger partial charge in [0.25, 0.3) is 0 Å². The van der Waals surface area contributed by atoms with E-state index in [4.69, 9.17) is 0 Å². The Morgan fingerprint density at radius 3 is 2.64 bits per heavy atom. The Morgan fingerprint density at radius 1 is 1.43 bits per heavy atom. The second kappa shape index (κ2) is 3.30. The van der Waals surface area contributed by atoms with Gasteiger partial charge in [-0.1, -0.05) is 18.7 Å². The lowest BCUT2D eigenvalue weighted by molar-refractivity contribution is -0.122. The Labute approximate surface area is 81.5 Å². The van der Waals surface area contributed by atoms with Crippen LogP contribution < -0.4 is 0 Å². The van der Waals surface area contributed by atoms with Crippen molar-refractivity contribution >= 4 is 5.78 Å². The molecule has 0 aliphatic heterocycles. The van der Waals surface area contributed by atoms with Crippen LogP contribution >= 0.6 is 0 Å². The first-order valence-corrected chi connectivity index (χ1v) is 4.78. The average molecular weight is 198 g/mol. The van der Waals surface area contributed by atoms with Crippen molar-refractivity contribution in [3.05, 3.63) is 24.8 Å². The molecule has 1 saturated carbocycles. The number of hydrogen-bond acceptors (Lipinski definition) is 1. The molecule has 2 rings (SSSR count). The summed E-state index contributed by atoms with van der Waals surface area (Å²) in [6.45, 7) is 3.36. The first kappa shape index (κ1) is 9.56. The van der Waals surface area contributed by atoms with Crippen LogP contribution in [0.4, 0.5) is 8.78 Å². The van der Waals surface area contributed by atoms with Gasteiger partial charge < -0.3 is 0 Å². The summed E-state index contributed by atoms with van der Waals surface area (Å²) in [6.07, 6.45) is 3.21. The predicted molar refractivity (Wildman–Crippen MR) is 48.9 cm³/mol. The van der Waals surface area contributed by atoms with Crippen molar-refractivity contribution < 1.29 is 13.6 Å². The van der Waals surface area contributed by atoms with Crippen LogP contribution in [0.2, 0.25) is 0 Å². The fourth-order valence-corrected chi connectivity index (χ4v) is 2.74. The molecule has 76 valence electrons. The van der Waals surface area contributed by atoms with E-state index < -0.39 is 18.3 Å². The summed E-state index contributed by atoms with van der Waals surface area (Å²) < 4.78 is 25.4. The zero-order valence-electron chi connectivity index (χ0n) is 7.70. The molecule has 0 aromatic heterocycles. The molecule has 2 aliphatic rings. The highest BCUT2D eigenvalue weighted by Gasteiger charge is 2.50. The van der Waals surface area contributed by atoms with E-state index in [1.807, 2.05) is 12.2 Å². The Kier molecular flexibility index (Phi) is 2.25. The molecule has 0 saturated heterocycles. The Morgan fingerprint density at radius 2 is 2.07 bits per heavy atom. The normalized spacial score (nSPS) is 39.4. The molecule has 4 atom stereocenters. The van der Waals surface area contributed by atoms with Gasteiger partial charge in [-0.05, 0) is 24.3 Å². The number of ketones is 1. The van der Waals surface area contributed by atoms with E-state index in [-0.39, 0.29) is 17.6 Å².